The number of nitrogens with zero attached hydrogens (tertiary/aromatic N) is 4. The summed E-state index contributed by atoms with van der Waals surface area (Å²) in [5.41, 5.74) is -2.47. The third kappa shape index (κ3) is 5.10. The maximum absolute atomic E-state index is 12.6. The van der Waals surface area contributed by atoms with E-state index in [0.717, 1.165) is 22.5 Å². The monoisotopic (exact) mass is 410 g/mol. The molecule has 0 aliphatic heterocycles. The quantitative estimate of drug-likeness (QED) is 0.471. The zero-order chi connectivity index (χ0) is 19.6. The Balaban J connectivity index is 0.00000625. The standard InChI is InChI=1S/C14H22N4O6S.ClH/c1-14(2,18(21)22)12-7-6-11(10-13(12)17(19)20)25(23,24)16(5)9-8-15(3)4;/h6-7,10H,8-9H2,1-5H3;1H. The lowest BCUT2D eigenvalue weighted by Gasteiger charge is -2.20. The number of nitro groups is 2. The van der Waals surface area contributed by atoms with Crippen LogP contribution in [0.15, 0.2) is 23.1 Å². The largest absolute Gasteiger partial charge is 0.308 e. The molecule has 0 fully saturated rings. The predicted molar refractivity (Wildman–Crippen MR) is 98.7 cm³/mol. The first-order valence-electron chi connectivity index (χ1n) is 7.36. The predicted octanol–water partition coefficient (Wildman–Crippen LogP) is 1.71. The van der Waals surface area contributed by atoms with Crippen molar-refractivity contribution in [1.82, 2.24) is 9.21 Å². The minimum atomic E-state index is -3.94. The molecule has 1 aromatic carbocycles. The SMILES string of the molecule is CN(C)CCN(C)S(=O)(=O)c1ccc(C(C)(C)[N+](=O)[O-])c([N+](=O)[O-])c1.Cl. The Bertz CT molecular complexity index is 782. The first-order valence-corrected chi connectivity index (χ1v) is 8.80. The molecule has 0 unspecified atom stereocenters. The molecule has 0 radical (unpaired) electrons. The number of sulfonamides is 1. The van der Waals surface area contributed by atoms with Gasteiger partial charge < -0.3 is 4.90 Å². The summed E-state index contributed by atoms with van der Waals surface area (Å²) in [6.07, 6.45) is 0. The Morgan fingerprint density at radius 3 is 2.04 bits per heavy atom. The smallest absolute Gasteiger partial charge is 0.281 e. The molecule has 12 heteroatoms. The zero-order valence-electron chi connectivity index (χ0n) is 15.2. The van der Waals surface area contributed by atoms with Gasteiger partial charge in [-0.1, -0.05) is 0 Å². The maximum atomic E-state index is 12.6. The lowest BCUT2D eigenvalue weighted by atomic mass is 9.93. The van der Waals surface area contributed by atoms with Gasteiger partial charge in [-0.25, -0.2) is 8.42 Å². The summed E-state index contributed by atoms with van der Waals surface area (Å²) in [6, 6.07) is 3.17. The summed E-state index contributed by atoms with van der Waals surface area (Å²) >= 11 is 0. The molecule has 0 aromatic heterocycles. The molecule has 0 atom stereocenters. The van der Waals surface area contributed by atoms with E-state index < -0.39 is 31.1 Å². The summed E-state index contributed by atoms with van der Waals surface area (Å²) in [5, 5.41) is 22.5. The van der Waals surface area contributed by atoms with Crippen LogP contribution in [0.2, 0.25) is 0 Å². The Hall–Kier alpha value is -1.82. The number of halogens is 1. The Morgan fingerprint density at radius 1 is 1.08 bits per heavy atom. The summed E-state index contributed by atoms with van der Waals surface area (Å²) in [5.74, 6) is 0. The van der Waals surface area contributed by atoms with Gasteiger partial charge in [-0.05, 0) is 26.2 Å². The molecule has 0 N–H and O–H groups in total. The van der Waals surface area contributed by atoms with Crippen molar-refractivity contribution in [2.75, 3.05) is 34.2 Å². The van der Waals surface area contributed by atoms with Crippen molar-refractivity contribution < 1.29 is 18.3 Å². The van der Waals surface area contributed by atoms with Crippen LogP contribution in [-0.4, -0.2) is 61.7 Å². The van der Waals surface area contributed by atoms with Gasteiger partial charge in [0.2, 0.25) is 15.6 Å². The van der Waals surface area contributed by atoms with E-state index in [4.69, 9.17) is 0 Å². The third-order valence-electron chi connectivity index (χ3n) is 3.85. The summed E-state index contributed by atoms with van der Waals surface area (Å²) in [4.78, 5) is 22.6. The third-order valence-corrected chi connectivity index (χ3v) is 5.70. The molecule has 0 heterocycles. The van der Waals surface area contributed by atoms with Crippen LogP contribution in [0, 0.1) is 20.2 Å². The van der Waals surface area contributed by atoms with E-state index >= 15 is 0 Å². The normalized spacial score (nSPS) is 12.1. The molecule has 0 bridgehead atoms. The van der Waals surface area contributed by atoms with Crippen LogP contribution >= 0.6 is 12.4 Å². The molecule has 0 amide bonds. The maximum Gasteiger partial charge on any atom is 0.281 e. The van der Waals surface area contributed by atoms with E-state index in [9.17, 15) is 28.6 Å². The zero-order valence-corrected chi connectivity index (χ0v) is 16.8. The van der Waals surface area contributed by atoms with Crippen molar-refractivity contribution in [1.29, 1.82) is 0 Å². The Kier molecular flexibility index (Phi) is 8.10. The van der Waals surface area contributed by atoms with Crippen molar-refractivity contribution in [3.63, 3.8) is 0 Å². The van der Waals surface area contributed by atoms with E-state index in [1.165, 1.54) is 20.9 Å². The summed E-state index contributed by atoms with van der Waals surface area (Å²) < 4.78 is 26.2. The first-order chi connectivity index (χ1) is 11.3. The molecule has 10 nitrogen and oxygen atoms in total. The topological polar surface area (TPSA) is 127 Å². The number of nitro benzene ring substituents is 1. The molecule has 0 saturated carbocycles. The van der Waals surface area contributed by atoms with Crippen LogP contribution in [-0.2, 0) is 15.6 Å². The lowest BCUT2D eigenvalue weighted by molar-refractivity contribution is -0.570. The average molecular weight is 411 g/mol. The molecule has 0 spiro atoms. The van der Waals surface area contributed by atoms with Crippen LogP contribution in [0.25, 0.3) is 0 Å². The van der Waals surface area contributed by atoms with Gasteiger partial charge in [0.25, 0.3) is 5.69 Å². The van der Waals surface area contributed by atoms with E-state index in [2.05, 4.69) is 0 Å². The van der Waals surface area contributed by atoms with Gasteiger partial charge in [0.05, 0.1) is 9.82 Å². The van der Waals surface area contributed by atoms with Crippen LogP contribution in [0.5, 0.6) is 0 Å². The van der Waals surface area contributed by atoms with Crippen molar-refractivity contribution in [2.24, 2.45) is 0 Å². The number of likely N-dealkylation sites (N-methyl/N-ethyl adjacent to an activating group) is 2. The number of hydrogen-bond donors (Lipinski definition) is 0. The van der Waals surface area contributed by atoms with E-state index in [1.54, 1.807) is 19.0 Å². The highest BCUT2D eigenvalue weighted by Gasteiger charge is 2.40. The second kappa shape index (κ2) is 8.71. The molecule has 1 aromatic rings. The van der Waals surface area contributed by atoms with Gasteiger partial charge >= 0.3 is 0 Å². The number of hydrogen-bond acceptors (Lipinski definition) is 7. The van der Waals surface area contributed by atoms with Crippen LogP contribution < -0.4 is 0 Å². The second-order valence-corrected chi connectivity index (χ2v) is 8.43. The fourth-order valence-electron chi connectivity index (χ4n) is 2.08. The fourth-order valence-corrected chi connectivity index (χ4v) is 3.26. The van der Waals surface area contributed by atoms with Crippen LogP contribution in [0.3, 0.4) is 0 Å². The molecule has 148 valence electrons. The van der Waals surface area contributed by atoms with Gasteiger partial charge in [0.15, 0.2) is 0 Å². The van der Waals surface area contributed by atoms with Gasteiger partial charge in [0, 0.05) is 45.0 Å². The van der Waals surface area contributed by atoms with Crippen LogP contribution in [0.4, 0.5) is 5.69 Å². The molecular weight excluding hydrogens is 388 g/mol. The van der Waals surface area contributed by atoms with Gasteiger partial charge in [-0.15, -0.1) is 12.4 Å². The second-order valence-electron chi connectivity index (χ2n) is 6.38. The highest BCUT2D eigenvalue weighted by atomic mass is 35.5. The number of rotatable bonds is 8. The molecule has 0 aliphatic carbocycles. The number of benzene rings is 1. The fraction of sp³-hybridized carbons (Fsp3) is 0.571. The van der Waals surface area contributed by atoms with E-state index in [-0.39, 0.29) is 29.4 Å². The van der Waals surface area contributed by atoms with Crippen molar-refractivity contribution in [3.8, 4) is 0 Å². The summed E-state index contributed by atoms with van der Waals surface area (Å²) in [7, 11) is 1.02. The summed E-state index contributed by atoms with van der Waals surface area (Å²) in [6.45, 7) is 3.13. The molecular formula is C14H23ClN4O6S. The lowest BCUT2D eigenvalue weighted by Crippen LogP contribution is -2.34. The first kappa shape index (κ1) is 24.2. The van der Waals surface area contributed by atoms with Crippen LogP contribution in [0.1, 0.15) is 19.4 Å². The highest BCUT2D eigenvalue weighted by Crippen LogP contribution is 2.34. The molecule has 26 heavy (non-hydrogen) atoms. The van der Waals surface area contributed by atoms with E-state index in [1.807, 2.05) is 0 Å². The van der Waals surface area contributed by atoms with Gasteiger partial charge in [-0.2, -0.15) is 4.31 Å². The average Bonchev–Trinajstić information content (AvgIpc) is 2.51. The van der Waals surface area contributed by atoms with Crippen molar-refractivity contribution >= 4 is 28.1 Å². The molecule has 0 aliphatic rings. The Morgan fingerprint density at radius 2 is 1.62 bits per heavy atom. The molecule has 1 rings (SSSR count). The Labute approximate surface area is 158 Å². The van der Waals surface area contributed by atoms with Gasteiger partial charge in [0.1, 0.15) is 5.56 Å². The van der Waals surface area contributed by atoms with E-state index in [0.29, 0.717) is 6.54 Å². The van der Waals surface area contributed by atoms with Crippen molar-refractivity contribution in [3.05, 3.63) is 44.0 Å². The minimum Gasteiger partial charge on any atom is -0.308 e. The van der Waals surface area contributed by atoms with Gasteiger partial charge in [-0.3, -0.25) is 20.2 Å². The molecule has 0 saturated heterocycles. The van der Waals surface area contributed by atoms with Crippen molar-refractivity contribution in [2.45, 2.75) is 24.3 Å². The minimum absolute atomic E-state index is 0. The highest BCUT2D eigenvalue weighted by molar-refractivity contribution is 7.89.